The van der Waals surface area contributed by atoms with Crippen LogP contribution in [0.25, 0.3) is 5.82 Å². The maximum Gasteiger partial charge on any atom is 0.338 e. The van der Waals surface area contributed by atoms with Gasteiger partial charge in [-0.05, 0) is 61.1 Å². The number of fused-ring (bicyclic) bond motifs is 1. The smallest absolute Gasteiger partial charge is 0.338 e. The summed E-state index contributed by atoms with van der Waals surface area (Å²) in [6, 6.07) is 7.55. The number of aromatic nitrogens is 3. The molecule has 0 aliphatic carbocycles. The minimum absolute atomic E-state index is 0.171. The van der Waals surface area contributed by atoms with Gasteiger partial charge in [0.2, 0.25) is 0 Å². The fourth-order valence-corrected chi connectivity index (χ4v) is 3.78. The second-order valence-electron chi connectivity index (χ2n) is 7.78. The summed E-state index contributed by atoms with van der Waals surface area (Å²) in [5.74, 6) is 0.543. The molecule has 3 aromatic rings. The number of carbonyl (C=O) groups excluding carboxylic acids is 2. The summed E-state index contributed by atoms with van der Waals surface area (Å²) in [5.41, 5.74) is 5.87. The molecule has 7 nitrogen and oxygen atoms in total. The van der Waals surface area contributed by atoms with Crippen LogP contribution >= 0.6 is 0 Å². The van der Waals surface area contributed by atoms with Crippen LogP contribution in [0.3, 0.4) is 0 Å². The monoisotopic (exact) mass is 414 g/mol. The average molecular weight is 414 g/mol. The van der Waals surface area contributed by atoms with E-state index in [1.165, 1.54) is 0 Å². The van der Waals surface area contributed by atoms with Crippen LogP contribution in [0.2, 0.25) is 0 Å². The second kappa shape index (κ2) is 8.52. The predicted molar refractivity (Wildman–Crippen MR) is 113 cm³/mol. The number of hydrogen-bond donors (Lipinski definition) is 0. The minimum Gasteiger partial charge on any atom is -0.457 e. The topological polar surface area (TPSA) is 97.9 Å². The van der Waals surface area contributed by atoms with Gasteiger partial charge in [0.05, 0.1) is 17.3 Å². The third-order valence-corrected chi connectivity index (χ3v) is 5.67. The summed E-state index contributed by atoms with van der Waals surface area (Å²) in [4.78, 5) is 28.4. The highest BCUT2D eigenvalue weighted by molar-refractivity contribution is 5.94. The quantitative estimate of drug-likeness (QED) is 0.548. The molecule has 156 valence electrons. The van der Waals surface area contributed by atoms with Gasteiger partial charge in [-0.15, -0.1) is 0 Å². The number of esters is 1. The Labute approximate surface area is 180 Å². The lowest BCUT2D eigenvalue weighted by Gasteiger charge is -2.08. The van der Waals surface area contributed by atoms with Crippen molar-refractivity contribution in [3.63, 3.8) is 0 Å². The van der Waals surface area contributed by atoms with Gasteiger partial charge in [0.25, 0.3) is 0 Å². The molecule has 0 atom stereocenters. The molecule has 31 heavy (non-hydrogen) atoms. The largest absolute Gasteiger partial charge is 0.457 e. The minimum atomic E-state index is -0.289. The summed E-state index contributed by atoms with van der Waals surface area (Å²) in [5, 5.41) is 13.4. The molecular weight excluding hydrogens is 392 g/mol. The number of carbonyl (C=O) groups is 2. The number of benzene rings is 1. The van der Waals surface area contributed by atoms with Gasteiger partial charge in [0, 0.05) is 30.8 Å². The first-order valence-electron chi connectivity index (χ1n) is 10.2. The number of nitriles is 1. The first-order chi connectivity index (χ1) is 15.0. The van der Waals surface area contributed by atoms with E-state index in [-0.39, 0.29) is 11.8 Å². The van der Waals surface area contributed by atoms with Crippen molar-refractivity contribution in [3.05, 3.63) is 75.7 Å². The highest BCUT2D eigenvalue weighted by Crippen LogP contribution is 2.26. The van der Waals surface area contributed by atoms with Crippen molar-refractivity contribution in [3.8, 4) is 11.9 Å². The molecule has 0 N–H and O–H groups in total. The zero-order valence-corrected chi connectivity index (χ0v) is 17.5. The molecule has 1 aliphatic heterocycles. The lowest BCUT2D eigenvalue weighted by Crippen LogP contribution is -2.06. The maximum atomic E-state index is 12.5. The molecule has 4 rings (SSSR count). The molecule has 0 unspecified atom stereocenters. The highest BCUT2D eigenvalue weighted by atomic mass is 16.5. The first kappa shape index (κ1) is 20.5. The van der Waals surface area contributed by atoms with Crippen molar-refractivity contribution < 1.29 is 14.3 Å². The SMILES string of the molecule is Cc1cc(-n2cc(CCCC(=O)Cc3ccc4c(c3C)COC4=O)cn2)ncc1C#N. The molecule has 0 radical (unpaired) electrons. The van der Waals surface area contributed by atoms with E-state index < -0.39 is 0 Å². The molecule has 0 saturated carbocycles. The maximum absolute atomic E-state index is 12.5. The van der Waals surface area contributed by atoms with Crippen LogP contribution < -0.4 is 0 Å². The van der Waals surface area contributed by atoms with Crippen LogP contribution in [0.1, 0.15) is 56.6 Å². The molecule has 7 heteroatoms. The van der Waals surface area contributed by atoms with Gasteiger partial charge >= 0.3 is 5.97 Å². The lowest BCUT2D eigenvalue weighted by molar-refractivity contribution is -0.118. The highest BCUT2D eigenvalue weighted by Gasteiger charge is 2.24. The van der Waals surface area contributed by atoms with Crippen LogP contribution in [0.15, 0.2) is 36.8 Å². The lowest BCUT2D eigenvalue weighted by atomic mass is 9.94. The fourth-order valence-electron chi connectivity index (χ4n) is 3.78. The normalized spacial score (nSPS) is 12.4. The van der Waals surface area contributed by atoms with Gasteiger partial charge in [-0.2, -0.15) is 10.4 Å². The van der Waals surface area contributed by atoms with Gasteiger partial charge in [-0.3, -0.25) is 4.79 Å². The van der Waals surface area contributed by atoms with Crippen LogP contribution in [-0.4, -0.2) is 26.5 Å². The van der Waals surface area contributed by atoms with Crippen molar-refractivity contribution in [2.24, 2.45) is 0 Å². The number of Topliss-reactive ketones (excluding diaryl/α,β-unsaturated/α-hetero) is 1. The van der Waals surface area contributed by atoms with Crippen molar-refractivity contribution >= 4 is 11.8 Å². The first-order valence-corrected chi connectivity index (χ1v) is 10.2. The summed E-state index contributed by atoms with van der Waals surface area (Å²) in [7, 11) is 0. The van der Waals surface area contributed by atoms with E-state index in [1.807, 2.05) is 32.2 Å². The Balaban J connectivity index is 1.32. The van der Waals surface area contributed by atoms with Gasteiger partial charge in [0.15, 0.2) is 5.82 Å². The summed E-state index contributed by atoms with van der Waals surface area (Å²) < 4.78 is 6.76. The van der Waals surface area contributed by atoms with Gasteiger partial charge in [0.1, 0.15) is 18.5 Å². The summed E-state index contributed by atoms with van der Waals surface area (Å²) in [6.07, 6.45) is 7.55. The Kier molecular flexibility index (Phi) is 5.63. The number of rotatable bonds is 7. The molecule has 1 aromatic carbocycles. The molecule has 0 spiro atoms. The van der Waals surface area contributed by atoms with Crippen LogP contribution in [0, 0.1) is 25.2 Å². The molecule has 0 saturated heterocycles. The zero-order valence-electron chi connectivity index (χ0n) is 17.5. The Hall–Kier alpha value is -3.79. The molecule has 3 heterocycles. The summed E-state index contributed by atoms with van der Waals surface area (Å²) >= 11 is 0. The Morgan fingerprint density at radius 2 is 2.13 bits per heavy atom. The number of nitrogens with zero attached hydrogens (tertiary/aromatic N) is 4. The second-order valence-corrected chi connectivity index (χ2v) is 7.78. The van der Waals surface area contributed by atoms with Crippen molar-refractivity contribution in [1.29, 1.82) is 5.26 Å². The van der Waals surface area contributed by atoms with Crippen LogP contribution in [-0.2, 0) is 29.0 Å². The van der Waals surface area contributed by atoms with E-state index in [0.717, 1.165) is 40.7 Å². The Morgan fingerprint density at radius 3 is 2.90 bits per heavy atom. The number of ether oxygens (including phenoxy) is 1. The zero-order chi connectivity index (χ0) is 22.0. The van der Waals surface area contributed by atoms with E-state index in [0.29, 0.717) is 36.4 Å². The van der Waals surface area contributed by atoms with E-state index >= 15 is 0 Å². The third kappa shape index (κ3) is 4.24. The van der Waals surface area contributed by atoms with Crippen LogP contribution in [0.5, 0.6) is 0 Å². The van der Waals surface area contributed by atoms with Crippen molar-refractivity contribution in [2.75, 3.05) is 0 Å². The third-order valence-electron chi connectivity index (χ3n) is 5.67. The predicted octanol–water partition coefficient (Wildman–Crippen LogP) is 3.56. The molecule has 0 bridgehead atoms. The Bertz CT molecular complexity index is 1220. The molecular formula is C24H22N4O3. The number of hydrogen-bond acceptors (Lipinski definition) is 6. The van der Waals surface area contributed by atoms with Crippen molar-refractivity contribution in [2.45, 2.75) is 46.1 Å². The Morgan fingerprint density at radius 1 is 1.29 bits per heavy atom. The van der Waals surface area contributed by atoms with Gasteiger partial charge in [-0.25, -0.2) is 14.5 Å². The standard InChI is InChI=1S/C24H22N4O3/c1-15-8-23(26-12-19(15)10-25)28-13-17(11-27-28)4-3-5-20(29)9-18-6-7-21-22(16(18)2)14-31-24(21)30/h6-8,11-13H,3-5,9,14H2,1-2H3. The van der Waals surface area contributed by atoms with Crippen LogP contribution in [0.4, 0.5) is 0 Å². The van der Waals surface area contributed by atoms with E-state index in [9.17, 15) is 9.59 Å². The molecule has 0 amide bonds. The number of cyclic esters (lactones) is 1. The molecule has 0 fully saturated rings. The number of ketones is 1. The number of pyridine rings is 1. The number of aryl methyl sites for hydroxylation is 2. The average Bonchev–Trinajstić information content (AvgIpc) is 3.37. The van der Waals surface area contributed by atoms with E-state index in [1.54, 1.807) is 23.1 Å². The van der Waals surface area contributed by atoms with E-state index in [2.05, 4.69) is 16.2 Å². The van der Waals surface area contributed by atoms with E-state index in [4.69, 9.17) is 10.00 Å². The van der Waals surface area contributed by atoms with Gasteiger partial charge in [-0.1, -0.05) is 6.07 Å². The van der Waals surface area contributed by atoms with Crippen molar-refractivity contribution in [1.82, 2.24) is 14.8 Å². The summed E-state index contributed by atoms with van der Waals surface area (Å²) in [6.45, 7) is 4.10. The van der Waals surface area contributed by atoms with Gasteiger partial charge < -0.3 is 4.74 Å². The molecule has 2 aromatic heterocycles. The fraction of sp³-hybridized carbons (Fsp3) is 0.292. The molecule has 1 aliphatic rings.